The van der Waals surface area contributed by atoms with E-state index in [2.05, 4.69) is 16.4 Å². The van der Waals surface area contributed by atoms with Crippen LogP contribution in [0.15, 0.2) is 11.8 Å². The van der Waals surface area contributed by atoms with Crippen LogP contribution in [-0.2, 0) is 7.05 Å². The molecule has 0 atom stereocenters. The first-order chi connectivity index (χ1) is 5.74. The van der Waals surface area contributed by atoms with Gasteiger partial charge in [0.25, 0.3) is 0 Å². The minimum Gasteiger partial charge on any atom is -0.327 e. The molecule has 64 valence electrons. The van der Waals surface area contributed by atoms with Gasteiger partial charge < -0.3 is 5.73 Å². The Morgan fingerprint density at radius 2 is 2.42 bits per heavy atom. The number of nitrogens with two attached hydrogens (primary N) is 1. The minimum absolute atomic E-state index is 0.368. The van der Waals surface area contributed by atoms with Crippen molar-refractivity contribution in [2.45, 2.75) is 18.9 Å². The van der Waals surface area contributed by atoms with Crippen LogP contribution in [0.2, 0.25) is 0 Å². The van der Waals surface area contributed by atoms with E-state index in [4.69, 9.17) is 5.73 Å². The highest BCUT2D eigenvalue weighted by Crippen LogP contribution is 2.25. The van der Waals surface area contributed by atoms with Crippen LogP contribution in [0.3, 0.4) is 0 Å². The second-order valence-electron chi connectivity index (χ2n) is 3.29. The molecule has 0 unspecified atom stereocenters. The average Bonchev–Trinajstić information content (AvgIpc) is 2.33. The van der Waals surface area contributed by atoms with Crippen molar-refractivity contribution in [3.8, 4) is 0 Å². The topological polar surface area (TPSA) is 56.7 Å². The summed E-state index contributed by atoms with van der Waals surface area (Å²) in [6, 6.07) is 0.368. The number of aromatic nitrogens is 3. The molecule has 0 saturated heterocycles. The molecule has 1 aromatic heterocycles. The third-order valence-electron chi connectivity index (χ3n) is 2.02. The van der Waals surface area contributed by atoms with Crippen LogP contribution < -0.4 is 5.73 Å². The molecule has 1 saturated carbocycles. The van der Waals surface area contributed by atoms with Crippen molar-refractivity contribution in [3.05, 3.63) is 17.5 Å². The fraction of sp³-hybridized carbons (Fsp3) is 0.500. The molecular formula is C8H12N4. The summed E-state index contributed by atoms with van der Waals surface area (Å²) in [7, 11) is 1.86. The third-order valence-corrected chi connectivity index (χ3v) is 2.02. The maximum absolute atomic E-state index is 5.65. The Morgan fingerprint density at radius 1 is 1.67 bits per heavy atom. The van der Waals surface area contributed by atoms with E-state index in [-0.39, 0.29) is 0 Å². The lowest BCUT2D eigenvalue weighted by Crippen LogP contribution is -2.29. The van der Waals surface area contributed by atoms with E-state index >= 15 is 0 Å². The largest absolute Gasteiger partial charge is 0.327 e. The van der Waals surface area contributed by atoms with Gasteiger partial charge >= 0.3 is 0 Å². The SMILES string of the molecule is Cn1cc(C=C2CC(N)C2)nn1. The molecule has 2 N–H and O–H groups in total. The Bertz CT molecular complexity index is 305. The molecule has 1 heterocycles. The Morgan fingerprint density at radius 3 is 2.92 bits per heavy atom. The van der Waals surface area contributed by atoms with Gasteiger partial charge in [0.2, 0.25) is 0 Å². The number of nitrogens with zero attached hydrogens (tertiary/aromatic N) is 3. The van der Waals surface area contributed by atoms with Gasteiger partial charge in [-0.05, 0) is 18.9 Å². The molecule has 4 heteroatoms. The zero-order valence-electron chi connectivity index (χ0n) is 7.07. The second kappa shape index (κ2) is 2.71. The fourth-order valence-electron chi connectivity index (χ4n) is 1.37. The summed E-state index contributed by atoms with van der Waals surface area (Å²) < 4.78 is 1.70. The van der Waals surface area contributed by atoms with E-state index in [1.54, 1.807) is 4.68 Å². The quantitative estimate of drug-likeness (QED) is 0.650. The van der Waals surface area contributed by atoms with E-state index in [0.29, 0.717) is 6.04 Å². The monoisotopic (exact) mass is 164 g/mol. The van der Waals surface area contributed by atoms with Gasteiger partial charge in [-0.25, -0.2) is 0 Å². The Hall–Kier alpha value is -1.16. The van der Waals surface area contributed by atoms with Crippen molar-refractivity contribution in [2.24, 2.45) is 12.8 Å². The number of rotatable bonds is 1. The van der Waals surface area contributed by atoms with Gasteiger partial charge in [-0.3, -0.25) is 4.68 Å². The van der Waals surface area contributed by atoms with Crippen molar-refractivity contribution in [3.63, 3.8) is 0 Å². The van der Waals surface area contributed by atoms with Crippen molar-refractivity contribution in [1.29, 1.82) is 0 Å². The van der Waals surface area contributed by atoms with Crippen LogP contribution in [0.5, 0.6) is 0 Å². The Balaban J connectivity index is 2.08. The van der Waals surface area contributed by atoms with Crippen LogP contribution in [-0.4, -0.2) is 21.0 Å². The average molecular weight is 164 g/mol. The molecule has 0 amide bonds. The minimum atomic E-state index is 0.368. The Kier molecular flexibility index (Phi) is 1.69. The molecule has 1 aliphatic rings. The highest BCUT2D eigenvalue weighted by molar-refractivity contribution is 5.50. The first-order valence-electron chi connectivity index (χ1n) is 4.05. The molecule has 0 spiro atoms. The van der Waals surface area contributed by atoms with Crippen LogP contribution >= 0.6 is 0 Å². The first-order valence-corrected chi connectivity index (χ1v) is 4.05. The molecule has 0 bridgehead atoms. The van der Waals surface area contributed by atoms with Crippen molar-refractivity contribution in [1.82, 2.24) is 15.0 Å². The maximum atomic E-state index is 5.65. The van der Waals surface area contributed by atoms with Crippen molar-refractivity contribution < 1.29 is 0 Å². The summed E-state index contributed by atoms with van der Waals surface area (Å²) in [4.78, 5) is 0. The van der Waals surface area contributed by atoms with E-state index < -0.39 is 0 Å². The van der Waals surface area contributed by atoms with Crippen LogP contribution in [0.1, 0.15) is 18.5 Å². The van der Waals surface area contributed by atoms with Gasteiger partial charge in [0.1, 0.15) is 5.69 Å². The molecule has 12 heavy (non-hydrogen) atoms. The predicted molar refractivity (Wildman–Crippen MR) is 46.2 cm³/mol. The lowest BCUT2D eigenvalue weighted by atomic mass is 9.87. The number of hydrogen-bond donors (Lipinski definition) is 1. The lowest BCUT2D eigenvalue weighted by Gasteiger charge is -2.24. The van der Waals surface area contributed by atoms with Gasteiger partial charge in [-0.2, -0.15) is 0 Å². The molecule has 4 nitrogen and oxygen atoms in total. The summed E-state index contributed by atoms with van der Waals surface area (Å²) in [5.41, 5.74) is 7.95. The van der Waals surface area contributed by atoms with E-state index in [1.807, 2.05) is 13.2 Å². The molecule has 1 aliphatic carbocycles. The standard InChI is InChI=1S/C8H12N4/c1-12-5-8(10-11-12)4-6-2-7(9)3-6/h4-5,7H,2-3,9H2,1H3. The summed E-state index contributed by atoms with van der Waals surface area (Å²) in [6.45, 7) is 0. The van der Waals surface area contributed by atoms with Gasteiger partial charge in [-0.1, -0.05) is 10.8 Å². The van der Waals surface area contributed by atoms with Crippen molar-refractivity contribution >= 4 is 6.08 Å². The molecule has 1 aromatic rings. The first kappa shape index (κ1) is 7.49. The molecule has 0 aliphatic heterocycles. The smallest absolute Gasteiger partial charge is 0.105 e. The molecular weight excluding hydrogens is 152 g/mol. The summed E-state index contributed by atoms with van der Waals surface area (Å²) in [6.07, 6.45) is 5.99. The predicted octanol–water partition coefficient (Wildman–Crippen LogP) is 0.320. The van der Waals surface area contributed by atoms with Gasteiger partial charge in [0.05, 0.1) is 6.20 Å². The molecule has 0 aromatic carbocycles. The molecule has 1 fully saturated rings. The fourth-order valence-corrected chi connectivity index (χ4v) is 1.37. The summed E-state index contributed by atoms with van der Waals surface area (Å²) in [5, 5.41) is 7.80. The van der Waals surface area contributed by atoms with Gasteiger partial charge in [0.15, 0.2) is 0 Å². The second-order valence-corrected chi connectivity index (χ2v) is 3.29. The highest BCUT2D eigenvalue weighted by Gasteiger charge is 2.18. The molecule has 2 rings (SSSR count). The molecule has 0 radical (unpaired) electrons. The summed E-state index contributed by atoms with van der Waals surface area (Å²) in [5.74, 6) is 0. The van der Waals surface area contributed by atoms with Gasteiger partial charge in [-0.15, -0.1) is 5.10 Å². The van der Waals surface area contributed by atoms with Crippen LogP contribution in [0, 0.1) is 0 Å². The number of aryl methyl sites for hydroxylation is 1. The lowest BCUT2D eigenvalue weighted by molar-refractivity contribution is 0.547. The summed E-state index contributed by atoms with van der Waals surface area (Å²) >= 11 is 0. The highest BCUT2D eigenvalue weighted by atomic mass is 15.4. The third kappa shape index (κ3) is 1.38. The zero-order valence-corrected chi connectivity index (χ0v) is 7.07. The van der Waals surface area contributed by atoms with E-state index in [0.717, 1.165) is 18.5 Å². The Labute approximate surface area is 71.1 Å². The van der Waals surface area contributed by atoms with E-state index in [9.17, 15) is 0 Å². The van der Waals surface area contributed by atoms with Crippen LogP contribution in [0.4, 0.5) is 0 Å². The van der Waals surface area contributed by atoms with Gasteiger partial charge in [0, 0.05) is 13.1 Å². The normalized spacial score (nSPS) is 22.2. The maximum Gasteiger partial charge on any atom is 0.105 e. The van der Waals surface area contributed by atoms with Crippen molar-refractivity contribution in [2.75, 3.05) is 0 Å². The number of hydrogen-bond acceptors (Lipinski definition) is 3. The van der Waals surface area contributed by atoms with Crippen LogP contribution in [0.25, 0.3) is 6.08 Å². The zero-order chi connectivity index (χ0) is 8.55. The van der Waals surface area contributed by atoms with E-state index in [1.165, 1.54) is 5.57 Å².